The minimum Gasteiger partial charge on any atom is -0.381 e. The predicted octanol–water partition coefficient (Wildman–Crippen LogP) is 1.88. The first-order valence-electron chi connectivity index (χ1n) is 9.46. The zero-order valence-corrected chi connectivity index (χ0v) is 15.3. The predicted molar refractivity (Wildman–Crippen MR) is 97.7 cm³/mol. The molecule has 5 nitrogen and oxygen atoms in total. The lowest BCUT2D eigenvalue weighted by Gasteiger charge is -2.36. The fraction of sp³-hybridized carbons (Fsp3) is 0.650. The van der Waals surface area contributed by atoms with Crippen molar-refractivity contribution in [2.75, 3.05) is 52.6 Å². The van der Waals surface area contributed by atoms with Gasteiger partial charge < -0.3 is 14.4 Å². The van der Waals surface area contributed by atoms with E-state index in [1.54, 1.807) is 0 Å². The summed E-state index contributed by atoms with van der Waals surface area (Å²) >= 11 is 0. The Kier molecular flexibility index (Phi) is 6.84. The Morgan fingerprint density at radius 1 is 1.12 bits per heavy atom. The van der Waals surface area contributed by atoms with Crippen LogP contribution in [0.15, 0.2) is 24.3 Å². The molecule has 1 aromatic carbocycles. The molecule has 3 rings (SSSR count). The molecule has 0 N–H and O–H groups in total. The van der Waals surface area contributed by atoms with Crippen LogP contribution in [0, 0.1) is 6.92 Å². The summed E-state index contributed by atoms with van der Waals surface area (Å²) in [6, 6.07) is 8.50. The number of hydrogen-bond acceptors (Lipinski definition) is 4. The number of benzene rings is 1. The highest BCUT2D eigenvalue weighted by molar-refractivity contribution is 5.79. The molecule has 2 fully saturated rings. The second kappa shape index (κ2) is 9.32. The van der Waals surface area contributed by atoms with E-state index in [9.17, 15) is 4.79 Å². The maximum absolute atomic E-state index is 13.1. The summed E-state index contributed by atoms with van der Waals surface area (Å²) in [5, 5.41) is 0. The number of aryl methyl sites for hydroxylation is 1. The summed E-state index contributed by atoms with van der Waals surface area (Å²) in [5.74, 6) is 0.245. The quantitative estimate of drug-likeness (QED) is 0.789. The molecule has 2 heterocycles. The minimum absolute atomic E-state index is 0.245. The van der Waals surface area contributed by atoms with Gasteiger partial charge in [-0.3, -0.25) is 9.69 Å². The molecule has 5 heteroatoms. The van der Waals surface area contributed by atoms with Gasteiger partial charge >= 0.3 is 0 Å². The Morgan fingerprint density at radius 3 is 2.52 bits per heavy atom. The molecule has 0 atom stereocenters. The normalized spacial score (nSPS) is 19.7. The molecule has 1 aromatic rings. The lowest BCUT2D eigenvalue weighted by molar-refractivity contribution is -0.135. The van der Waals surface area contributed by atoms with Crippen molar-refractivity contribution >= 4 is 5.91 Å². The summed E-state index contributed by atoms with van der Waals surface area (Å²) in [6.07, 6.45) is 2.39. The first-order chi connectivity index (χ1) is 12.2. The standard InChI is InChI=1S/C20H30N2O3/c1-17-4-2-3-5-18(17)16-20(23)22(19-6-12-24-13-7-19)9-8-21-10-14-25-15-11-21/h2-5,19H,6-16H2,1H3. The number of carbonyl (C=O) groups is 1. The van der Waals surface area contributed by atoms with Crippen molar-refractivity contribution in [3.05, 3.63) is 35.4 Å². The smallest absolute Gasteiger partial charge is 0.227 e. The molecule has 1 amide bonds. The van der Waals surface area contributed by atoms with E-state index in [1.165, 1.54) is 5.56 Å². The Labute approximate surface area is 150 Å². The van der Waals surface area contributed by atoms with Crippen LogP contribution in [0.1, 0.15) is 24.0 Å². The zero-order valence-electron chi connectivity index (χ0n) is 15.3. The van der Waals surface area contributed by atoms with E-state index in [2.05, 4.69) is 28.9 Å². The van der Waals surface area contributed by atoms with E-state index in [0.717, 1.165) is 71.0 Å². The van der Waals surface area contributed by atoms with Gasteiger partial charge in [0.05, 0.1) is 19.6 Å². The molecule has 0 unspecified atom stereocenters. The molecule has 138 valence electrons. The van der Waals surface area contributed by atoms with Gasteiger partial charge in [0.1, 0.15) is 0 Å². The van der Waals surface area contributed by atoms with Gasteiger partial charge in [-0.25, -0.2) is 0 Å². The highest BCUT2D eigenvalue weighted by Gasteiger charge is 2.26. The zero-order chi connectivity index (χ0) is 17.5. The molecule has 25 heavy (non-hydrogen) atoms. The molecular weight excluding hydrogens is 316 g/mol. The van der Waals surface area contributed by atoms with E-state index in [0.29, 0.717) is 12.5 Å². The average Bonchev–Trinajstić information content (AvgIpc) is 2.65. The van der Waals surface area contributed by atoms with Crippen LogP contribution in [0.5, 0.6) is 0 Å². The lowest BCUT2D eigenvalue weighted by Crippen LogP contribution is -2.49. The van der Waals surface area contributed by atoms with Gasteiger partial charge in [0.2, 0.25) is 5.91 Å². The Morgan fingerprint density at radius 2 is 1.80 bits per heavy atom. The van der Waals surface area contributed by atoms with Crippen molar-refractivity contribution in [3.63, 3.8) is 0 Å². The topological polar surface area (TPSA) is 42.0 Å². The summed E-state index contributed by atoms with van der Waals surface area (Å²) in [5.41, 5.74) is 2.33. The molecule has 0 aliphatic carbocycles. The summed E-state index contributed by atoms with van der Waals surface area (Å²) in [6.45, 7) is 8.86. The number of rotatable bonds is 6. The fourth-order valence-corrected chi connectivity index (χ4v) is 3.65. The van der Waals surface area contributed by atoms with Crippen LogP contribution in [0.2, 0.25) is 0 Å². The summed E-state index contributed by atoms with van der Waals surface area (Å²) in [4.78, 5) is 17.6. The third kappa shape index (κ3) is 5.27. The lowest BCUT2D eigenvalue weighted by atomic mass is 10.0. The molecule has 2 aliphatic heterocycles. The first kappa shape index (κ1) is 18.4. The van der Waals surface area contributed by atoms with Gasteiger partial charge in [-0.15, -0.1) is 0 Å². The second-order valence-corrected chi connectivity index (χ2v) is 6.99. The number of carbonyl (C=O) groups excluding carboxylic acids is 1. The van der Waals surface area contributed by atoms with Gasteiger partial charge in [-0.2, -0.15) is 0 Å². The van der Waals surface area contributed by atoms with Gasteiger partial charge in [-0.05, 0) is 30.9 Å². The molecular formula is C20H30N2O3. The van der Waals surface area contributed by atoms with Gasteiger partial charge in [0.15, 0.2) is 0 Å². The van der Waals surface area contributed by atoms with E-state index in [4.69, 9.17) is 9.47 Å². The van der Waals surface area contributed by atoms with E-state index in [-0.39, 0.29) is 5.91 Å². The number of ether oxygens (including phenoxy) is 2. The van der Waals surface area contributed by atoms with Crippen molar-refractivity contribution in [1.29, 1.82) is 0 Å². The maximum atomic E-state index is 13.1. The van der Waals surface area contributed by atoms with Crippen molar-refractivity contribution in [2.45, 2.75) is 32.2 Å². The largest absolute Gasteiger partial charge is 0.381 e. The van der Waals surface area contributed by atoms with Gasteiger partial charge in [0.25, 0.3) is 0 Å². The van der Waals surface area contributed by atoms with E-state index >= 15 is 0 Å². The molecule has 0 radical (unpaired) electrons. The van der Waals surface area contributed by atoms with Crippen LogP contribution in [0.4, 0.5) is 0 Å². The van der Waals surface area contributed by atoms with Crippen LogP contribution in [0.25, 0.3) is 0 Å². The van der Waals surface area contributed by atoms with Crippen LogP contribution < -0.4 is 0 Å². The highest BCUT2D eigenvalue weighted by atomic mass is 16.5. The van der Waals surface area contributed by atoms with Crippen LogP contribution in [-0.2, 0) is 20.7 Å². The monoisotopic (exact) mass is 346 g/mol. The summed E-state index contributed by atoms with van der Waals surface area (Å²) in [7, 11) is 0. The Bertz CT molecular complexity index is 552. The molecule has 2 aliphatic rings. The Balaban J connectivity index is 1.64. The van der Waals surface area contributed by atoms with Crippen LogP contribution in [0.3, 0.4) is 0 Å². The van der Waals surface area contributed by atoms with Crippen LogP contribution in [-0.4, -0.2) is 74.4 Å². The van der Waals surface area contributed by atoms with E-state index < -0.39 is 0 Å². The SMILES string of the molecule is Cc1ccccc1CC(=O)N(CCN1CCOCC1)C1CCOCC1. The third-order valence-electron chi connectivity index (χ3n) is 5.32. The average molecular weight is 346 g/mol. The fourth-order valence-electron chi connectivity index (χ4n) is 3.65. The van der Waals surface area contributed by atoms with Crippen molar-refractivity contribution in [2.24, 2.45) is 0 Å². The molecule has 0 saturated carbocycles. The van der Waals surface area contributed by atoms with Gasteiger partial charge in [-0.1, -0.05) is 24.3 Å². The second-order valence-electron chi connectivity index (χ2n) is 6.99. The molecule has 0 aromatic heterocycles. The number of hydrogen-bond donors (Lipinski definition) is 0. The van der Waals surface area contributed by atoms with Crippen molar-refractivity contribution in [3.8, 4) is 0 Å². The molecule has 0 bridgehead atoms. The van der Waals surface area contributed by atoms with E-state index in [1.807, 2.05) is 12.1 Å². The van der Waals surface area contributed by atoms with Crippen molar-refractivity contribution < 1.29 is 14.3 Å². The van der Waals surface area contributed by atoms with Crippen LogP contribution >= 0.6 is 0 Å². The minimum atomic E-state index is 0.245. The molecule has 0 spiro atoms. The third-order valence-corrected chi connectivity index (χ3v) is 5.32. The maximum Gasteiger partial charge on any atom is 0.227 e. The number of amides is 1. The van der Waals surface area contributed by atoms with Gasteiger partial charge in [0, 0.05) is 45.4 Å². The first-order valence-corrected chi connectivity index (χ1v) is 9.46. The molecule has 2 saturated heterocycles. The number of morpholine rings is 1. The summed E-state index contributed by atoms with van der Waals surface area (Å²) < 4.78 is 10.9. The van der Waals surface area contributed by atoms with Crippen molar-refractivity contribution in [1.82, 2.24) is 9.80 Å². The highest BCUT2D eigenvalue weighted by Crippen LogP contribution is 2.17. The Hall–Kier alpha value is -1.43. The number of nitrogens with zero attached hydrogens (tertiary/aromatic N) is 2.